The van der Waals surface area contributed by atoms with Gasteiger partial charge in [-0.1, -0.05) is 60.7 Å². The minimum Gasteiger partial charge on any atom is -0.466 e. The summed E-state index contributed by atoms with van der Waals surface area (Å²) >= 11 is 5.27. The summed E-state index contributed by atoms with van der Waals surface area (Å²) in [6, 6.07) is 33.9. The summed E-state index contributed by atoms with van der Waals surface area (Å²) in [5.74, 6) is -1.21. The van der Waals surface area contributed by atoms with E-state index >= 15 is 0 Å². The third-order valence-corrected chi connectivity index (χ3v) is 6.35. The molecule has 0 bridgehead atoms. The van der Waals surface area contributed by atoms with Crippen LogP contribution in [-0.2, 0) is 20.7 Å². The van der Waals surface area contributed by atoms with Crippen LogP contribution in [0.5, 0.6) is 0 Å². The lowest BCUT2D eigenvalue weighted by Crippen LogP contribution is -2.34. The van der Waals surface area contributed by atoms with E-state index in [1.54, 1.807) is 36.4 Å². The van der Waals surface area contributed by atoms with Crippen LogP contribution in [0.1, 0.15) is 35.2 Å². The average Bonchev–Trinajstić information content (AvgIpc) is 3.00. The first-order valence-electron chi connectivity index (χ1n) is 13.6. The zero-order valence-electron chi connectivity index (χ0n) is 23.0. The summed E-state index contributed by atoms with van der Waals surface area (Å²) in [6.07, 6.45) is 1.39. The van der Waals surface area contributed by atoms with E-state index in [1.807, 2.05) is 72.8 Å². The van der Waals surface area contributed by atoms with Gasteiger partial charge in [-0.3, -0.25) is 14.4 Å². The largest absolute Gasteiger partial charge is 0.466 e. The maximum absolute atomic E-state index is 13.0. The van der Waals surface area contributed by atoms with Gasteiger partial charge in [0.1, 0.15) is 0 Å². The average molecular weight is 581 g/mol. The van der Waals surface area contributed by atoms with Gasteiger partial charge in [0.05, 0.1) is 24.3 Å². The Labute approximate surface area is 250 Å². The van der Waals surface area contributed by atoms with Crippen molar-refractivity contribution in [2.24, 2.45) is 0 Å². The lowest BCUT2D eigenvalue weighted by atomic mass is 10.1. The zero-order valence-corrected chi connectivity index (χ0v) is 23.8. The molecule has 42 heavy (non-hydrogen) atoms. The van der Waals surface area contributed by atoms with Gasteiger partial charge in [-0.25, -0.2) is 0 Å². The number of thiocarbonyl (C=S) groups is 1. The molecular formula is C33H32N4O4S. The number of esters is 1. The van der Waals surface area contributed by atoms with Crippen LogP contribution in [0.2, 0.25) is 0 Å². The number of amides is 2. The molecular weight excluding hydrogens is 548 g/mol. The summed E-state index contributed by atoms with van der Waals surface area (Å²) in [6.45, 7) is 0.295. The van der Waals surface area contributed by atoms with Crippen molar-refractivity contribution in [3.63, 3.8) is 0 Å². The molecule has 0 aliphatic carbocycles. The van der Waals surface area contributed by atoms with Crippen LogP contribution in [0.4, 0.5) is 22.7 Å². The minimum absolute atomic E-state index is 0.0211. The molecule has 0 aromatic heterocycles. The smallest absolute Gasteiger partial charge is 0.306 e. The predicted molar refractivity (Wildman–Crippen MR) is 170 cm³/mol. The molecule has 8 nitrogen and oxygen atoms in total. The molecule has 9 heteroatoms. The summed E-state index contributed by atoms with van der Waals surface area (Å²) in [7, 11) is 0. The van der Waals surface area contributed by atoms with E-state index < -0.39 is 11.9 Å². The van der Waals surface area contributed by atoms with Crippen molar-refractivity contribution in [1.82, 2.24) is 5.32 Å². The monoisotopic (exact) mass is 580 g/mol. The van der Waals surface area contributed by atoms with Gasteiger partial charge in [-0.05, 0) is 79.2 Å². The molecule has 0 spiro atoms. The summed E-state index contributed by atoms with van der Waals surface area (Å²) < 4.78 is 5.22. The molecule has 0 radical (unpaired) electrons. The molecule has 0 aliphatic rings. The SMILES string of the molecule is O=C(CCC(=O)OCCCc1ccccc1)NC(=S)Nc1ccccc1C(=O)Nc1ccc(Nc2ccccc2)cc1. The van der Waals surface area contributed by atoms with Crippen LogP contribution in [-0.4, -0.2) is 29.5 Å². The summed E-state index contributed by atoms with van der Waals surface area (Å²) in [5, 5.41) is 11.6. The van der Waals surface area contributed by atoms with E-state index in [9.17, 15) is 14.4 Å². The van der Waals surface area contributed by atoms with Crippen molar-refractivity contribution in [3.05, 3.63) is 120 Å². The Morgan fingerprint density at radius 2 is 1.29 bits per heavy atom. The van der Waals surface area contributed by atoms with E-state index in [-0.39, 0.29) is 23.9 Å². The highest BCUT2D eigenvalue weighted by atomic mass is 32.1. The number of rotatable bonds is 12. The molecule has 0 heterocycles. The molecule has 0 saturated carbocycles. The molecule has 0 saturated heterocycles. The maximum atomic E-state index is 13.0. The third kappa shape index (κ3) is 9.87. The molecule has 0 atom stereocenters. The van der Waals surface area contributed by atoms with Crippen LogP contribution in [0.15, 0.2) is 109 Å². The van der Waals surface area contributed by atoms with Crippen molar-refractivity contribution in [2.75, 3.05) is 22.6 Å². The molecule has 4 aromatic carbocycles. The fourth-order valence-corrected chi connectivity index (χ4v) is 4.27. The molecule has 0 fully saturated rings. The lowest BCUT2D eigenvalue weighted by molar-refractivity contribution is -0.145. The quantitative estimate of drug-likeness (QED) is 0.0866. The lowest BCUT2D eigenvalue weighted by Gasteiger charge is -2.14. The van der Waals surface area contributed by atoms with Gasteiger partial charge >= 0.3 is 5.97 Å². The van der Waals surface area contributed by atoms with E-state index in [4.69, 9.17) is 17.0 Å². The van der Waals surface area contributed by atoms with Crippen molar-refractivity contribution in [2.45, 2.75) is 25.7 Å². The van der Waals surface area contributed by atoms with Crippen molar-refractivity contribution in [3.8, 4) is 0 Å². The summed E-state index contributed by atoms with van der Waals surface area (Å²) in [5.41, 5.74) is 4.43. The number of nitrogens with one attached hydrogen (secondary N) is 4. The molecule has 4 N–H and O–H groups in total. The van der Waals surface area contributed by atoms with Crippen LogP contribution >= 0.6 is 12.2 Å². The molecule has 0 unspecified atom stereocenters. The minimum atomic E-state index is -0.442. The Kier molecular flexibility index (Phi) is 11.2. The van der Waals surface area contributed by atoms with E-state index in [2.05, 4.69) is 21.3 Å². The highest BCUT2D eigenvalue weighted by molar-refractivity contribution is 7.80. The number of carbonyl (C=O) groups is 3. The number of ether oxygens (including phenoxy) is 1. The number of benzene rings is 4. The number of para-hydroxylation sites is 2. The second-order valence-electron chi connectivity index (χ2n) is 9.38. The van der Waals surface area contributed by atoms with E-state index in [0.717, 1.165) is 17.8 Å². The van der Waals surface area contributed by atoms with Crippen molar-refractivity contribution >= 4 is 57.9 Å². The first-order valence-corrected chi connectivity index (χ1v) is 14.0. The number of anilines is 4. The summed E-state index contributed by atoms with van der Waals surface area (Å²) in [4.78, 5) is 37.4. The topological polar surface area (TPSA) is 109 Å². The van der Waals surface area contributed by atoms with E-state index in [1.165, 1.54) is 5.56 Å². The van der Waals surface area contributed by atoms with Crippen LogP contribution in [0.3, 0.4) is 0 Å². The predicted octanol–water partition coefficient (Wildman–Crippen LogP) is 6.45. The first kappa shape index (κ1) is 30.0. The number of aryl methyl sites for hydroxylation is 1. The molecule has 4 rings (SSSR count). The Morgan fingerprint density at radius 3 is 2.02 bits per heavy atom. The van der Waals surface area contributed by atoms with Gasteiger partial charge in [0.15, 0.2) is 5.11 Å². The zero-order chi connectivity index (χ0) is 29.6. The Bertz CT molecular complexity index is 1500. The van der Waals surface area contributed by atoms with Crippen LogP contribution in [0, 0.1) is 0 Å². The van der Waals surface area contributed by atoms with Gasteiger partial charge in [-0.2, -0.15) is 0 Å². The Balaban J connectivity index is 1.20. The Hall–Kier alpha value is -5.02. The van der Waals surface area contributed by atoms with Crippen molar-refractivity contribution in [1.29, 1.82) is 0 Å². The molecule has 214 valence electrons. The number of hydrogen-bond acceptors (Lipinski definition) is 6. The Morgan fingerprint density at radius 1 is 0.667 bits per heavy atom. The maximum Gasteiger partial charge on any atom is 0.306 e. The van der Waals surface area contributed by atoms with Crippen LogP contribution < -0.4 is 21.3 Å². The van der Waals surface area contributed by atoms with Gasteiger partial charge in [0, 0.05) is 23.5 Å². The molecule has 4 aromatic rings. The second kappa shape index (κ2) is 15.7. The van der Waals surface area contributed by atoms with Gasteiger partial charge in [-0.15, -0.1) is 0 Å². The highest BCUT2D eigenvalue weighted by Gasteiger charge is 2.14. The van der Waals surface area contributed by atoms with Crippen LogP contribution in [0.25, 0.3) is 0 Å². The van der Waals surface area contributed by atoms with E-state index in [0.29, 0.717) is 30.0 Å². The fraction of sp³-hybridized carbons (Fsp3) is 0.152. The number of carbonyl (C=O) groups excluding carboxylic acids is 3. The standard InChI is InChI=1S/C33H32N4O4S/c38-30(21-22-31(39)41-23-9-12-24-10-3-1-4-11-24)37-33(42)36-29-16-8-7-15-28(29)32(40)35-27-19-17-26(18-20-27)34-25-13-5-2-6-14-25/h1-8,10-11,13-20,34H,9,12,21-23H2,(H,35,40)(H2,36,37,38,42). The normalized spacial score (nSPS) is 10.3. The third-order valence-electron chi connectivity index (χ3n) is 6.15. The van der Waals surface area contributed by atoms with Gasteiger partial charge in [0.2, 0.25) is 5.91 Å². The number of hydrogen-bond donors (Lipinski definition) is 4. The second-order valence-corrected chi connectivity index (χ2v) is 9.79. The van der Waals surface area contributed by atoms with Gasteiger partial charge in [0.25, 0.3) is 5.91 Å². The first-order chi connectivity index (χ1) is 20.5. The highest BCUT2D eigenvalue weighted by Crippen LogP contribution is 2.21. The fourth-order valence-electron chi connectivity index (χ4n) is 4.05. The van der Waals surface area contributed by atoms with Crippen molar-refractivity contribution < 1.29 is 19.1 Å². The molecule has 0 aliphatic heterocycles. The molecule has 2 amide bonds. The van der Waals surface area contributed by atoms with Gasteiger partial charge < -0.3 is 26.0 Å².